The van der Waals surface area contributed by atoms with E-state index in [-0.39, 0.29) is 11.5 Å². The minimum atomic E-state index is -0.487. The second kappa shape index (κ2) is 11.3. The van der Waals surface area contributed by atoms with Crippen molar-refractivity contribution in [1.29, 1.82) is 5.26 Å². The van der Waals surface area contributed by atoms with E-state index in [1.54, 1.807) is 6.07 Å². The molecule has 35 heavy (non-hydrogen) atoms. The summed E-state index contributed by atoms with van der Waals surface area (Å²) in [7, 11) is 0. The Kier molecular flexibility index (Phi) is 7.91. The summed E-state index contributed by atoms with van der Waals surface area (Å²) in [6.07, 6.45) is 1.08. The molecule has 1 heterocycles. The van der Waals surface area contributed by atoms with Crippen LogP contribution in [0.1, 0.15) is 16.7 Å². The van der Waals surface area contributed by atoms with Gasteiger partial charge in [-0.25, -0.2) is 0 Å². The maximum absolute atomic E-state index is 13.5. The number of thioether (sulfide) groups is 1. The maximum atomic E-state index is 13.5. The fourth-order valence-electron chi connectivity index (χ4n) is 3.85. The zero-order valence-electron chi connectivity index (χ0n) is 19.2. The molecule has 1 N–H and O–H groups in total. The zero-order valence-corrected chi connectivity index (χ0v) is 20.8. The molecule has 1 aliphatic rings. The number of carbonyl (C=O) groups excluding carboxylic acids is 2. The Morgan fingerprint density at radius 3 is 2.46 bits per heavy atom. The lowest BCUT2D eigenvalue weighted by Crippen LogP contribution is -2.32. The molecule has 0 unspecified atom stereocenters. The number of nitriles is 1. The first kappa shape index (κ1) is 24.6. The second-order valence-electron chi connectivity index (χ2n) is 8.23. The Morgan fingerprint density at radius 2 is 1.77 bits per heavy atom. The number of hydrogen-bond acceptors (Lipinski definition) is 4. The first-order valence-corrected chi connectivity index (χ1v) is 12.5. The molecule has 0 saturated carbocycles. The van der Waals surface area contributed by atoms with Crippen molar-refractivity contribution < 1.29 is 9.59 Å². The largest absolute Gasteiger partial charge is 0.351 e. The van der Waals surface area contributed by atoms with Gasteiger partial charge in [0, 0.05) is 17.3 Å². The van der Waals surface area contributed by atoms with Gasteiger partial charge < -0.3 is 5.32 Å². The Hall–Kier alpha value is -3.53. The predicted octanol–water partition coefficient (Wildman–Crippen LogP) is 5.43. The third-order valence-corrected chi connectivity index (χ3v) is 7.15. The molecule has 1 atom stereocenters. The lowest BCUT2D eigenvalue weighted by Gasteiger charge is -2.19. The quantitative estimate of drug-likeness (QED) is 0.346. The summed E-state index contributed by atoms with van der Waals surface area (Å²) in [4.78, 5) is 28.1. The molecule has 4 rings (SSSR count). The molecule has 0 bridgehead atoms. The summed E-state index contributed by atoms with van der Waals surface area (Å²) in [6.45, 7) is 2.35. The molecule has 1 aliphatic heterocycles. The summed E-state index contributed by atoms with van der Waals surface area (Å²) in [5.74, 6) is -0.655. The van der Waals surface area contributed by atoms with Gasteiger partial charge in [0.15, 0.2) is 0 Å². The summed E-state index contributed by atoms with van der Waals surface area (Å²) < 4.78 is 0. The molecule has 0 radical (unpaired) electrons. The van der Waals surface area contributed by atoms with Crippen LogP contribution in [-0.4, -0.2) is 23.6 Å². The van der Waals surface area contributed by atoms with Crippen LogP contribution < -0.4 is 10.2 Å². The van der Waals surface area contributed by atoms with Crippen LogP contribution in [0.25, 0.3) is 0 Å². The molecule has 3 aromatic carbocycles. The molecule has 176 valence electrons. The van der Waals surface area contributed by atoms with E-state index in [1.165, 1.54) is 16.7 Å². The van der Waals surface area contributed by atoms with Gasteiger partial charge in [-0.2, -0.15) is 5.26 Å². The van der Waals surface area contributed by atoms with E-state index in [1.807, 2.05) is 85.8 Å². The highest BCUT2D eigenvalue weighted by Crippen LogP contribution is 2.42. The third-order valence-electron chi connectivity index (χ3n) is 5.65. The van der Waals surface area contributed by atoms with Crippen LogP contribution in [0, 0.1) is 18.3 Å². The van der Waals surface area contributed by atoms with E-state index >= 15 is 0 Å². The summed E-state index contributed by atoms with van der Waals surface area (Å²) in [6, 6.07) is 26.7. The lowest BCUT2D eigenvalue weighted by atomic mass is 10.1. The molecular formula is C28H24ClN3O2S. The summed E-state index contributed by atoms with van der Waals surface area (Å²) >= 11 is 7.38. The SMILES string of the molecule is Cc1ccc(N2C(=O)[C@H](Cc3cccc(Cl)c3)S/C2=C(/C#N)C(=O)NCCc2ccccc2)cc1. The van der Waals surface area contributed by atoms with Crippen LogP contribution in [0.3, 0.4) is 0 Å². The van der Waals surface area contributed by atoms with Crippen LogP contribution in [0.5, 0.6) is 0 Å². The van der Waals surface area contributed by atoms with Crippen LogP contribution in [0.2, 0.25) is 5.02 Å². The van der Waals surface area contributed by atoms with Crippen LogP contribution in [-0.2, 0) is 22.4 Å². The first-order chi connectivity index (χ1) is 17.0. The van der Waals surface area contributed by atoms with Crippen molar-refractivity contribution in [3.63, 3.8) is 0 Å². The fraction of sp³-hybridized carbons (Fsp3) is 0.179. The molecule has 5 nitrogen and oxygen atoms in total. The lowest BCUT2D eigenvalue weighted by molar-refractivity contribution is -0.117. The van der Waals surface area contributed by atoms with Crippen molar-refractivity contribution in [2.75, 3.05) is 11.4 Å². The third kappa shape index (κ3) is 5.94. The molecule has 7 heteroatoms. The van der Waals surface area contributed by atoms with Crippen LogP contribution in [0.4, 0.5) is 5.69 Å². The molecule has 2 amide bonds. The highest BCUT2D eigenvalue weighted by Gasteiger charge is 2.40. The van der Waals surface area contributed by atoms with Gasteiger partial charge in [0.1, 0.15) is 16.7 Å². The number of halogens is 1. The van der Waals surface area contributed by atoms with Gasteiger partial charge in [-0.1, -0.05) is 83.5 Å². The number of nitrogens with one attached hydrogen (secondary N) is 1. The maximum Gasteiger partial charge on any atom is 0.264 e. The van der Waals surface area contributed by atoms with Crippen LogP contribution in [0.15, 0.2) is 89.5 Å². The van der Waals surface area contributed by atoms with Gasteiger partial charge in [0.25, 0.3) is 5.91 Å². The van der Waals surface area contributed by atoms with Crippen LogP contribution >= 0.6 is 23.4 Å². The number of rotatable bonds is 7. The van der Waals surface area contributed by atoms with E-state index in [0.29, 0.717) is 35.1 Å². The molecular weight excluding hydrogens is 478 g/mol. The van der Waals surface area contributed by atoms with Crippen molar-refractivity contribution in [3.05, 3.63) is 111 Å². The van der Waals surface area contributed by atoms with Crippen molar-refractivity contribution >= 4 is 40.9 Å². The van der Waals surface area contributed by atoms with Gasteiger partial charge in [0.2, 0.25) is 5.91 Å². The highest BCUT2D eigenvalue weighted by molar-refractivity contribution is 8.05. The van der Waals surface area contributed by atoms with E-state index in [4.69, 9.17) is 11.6 Å². The standard InChI is InChI=1S/C28H24ClN3O2S/c1-19-10-12-23(13-11-19)32-27(34)25(17-21-8-5-9-22(29)16-21)35-28(32)24(18-30)26(33)31-15-14-20-6-3-2-4-7-20/h2-13,16,25H,14-15,17H2,1H3,(H,31,33)/b28-24-/t25-/m0/s1. The van der Waals surface area contributed by atoms with Crippen molar-refractivity contribution in [2.24, 2.45) is 0 Å². The summed E-state index contributed by atoms with van der Waals surface area (Å²) in [5.41, 5.74) is 3.62. The second-order valence-corrected chi connectivity index (χ2v) is 9.86. The van der Waals surface area contributed by atoms with Crippen molar-refractivity contribution in [2.45, 2.75) is 25.0 Å². The first-order valence-electron chi connectivity index (χ1n) is 11.2. The monoisotopic (exact) mass is 501 g/mol. The molecule has 1 fully saturated rings. The van der Waals surface area contributed by atoms with Gasteiger partial charge in [0.05, 0.1) is 5.25 Å². The number of amides is 2. The predicted molar refractivity (Wildman–Crippen MR) is 141 cm³/mol. The number of nitrogens with zero attached hydrogens (tertiary/aromatic N) is 2. The van der Waals surface area contributed by atoms with E-state index in [9.17, 15) is 14.9 Å². The average molecular weight is 502 g/mol. The fourth-order valence-corrected chi connectivity index (χ4v) is 5.37. The number of benzene rings is 3. The molecule has 3 aromatic rings. The van der Waals surface area contributed by atoms with Gasteiger partial charge in [-0.05, 0) is 55.2 Å². The van der Waals surface area contributed by atoms with Crippen molar-refractivity contribution in [1.82, 2.24) is 5.32 Å². The number of aryl methyl sites for hydroxylation is 1. The van der Waals surface area contributed by atoms with Gasteiger partial charge in [-0.3, -0.25) is 14.5 Å². The Bertz CT molecular complexity index is 1300. The topological polar surface area (TPSA) is 73.2 Å². The van der Waals surface area contributed by atoms with E-state index < -0.39 is 11.2 Å². The van der Waals surface area contributed by atoms with Gasteiger partial charge >= 0.3 is 0 Å². The Labute approximate surface area is 214 Å². The molecule has 0 spiro atoms. The van der Waals surface area contributed by atoms with E-state index in [2.05, 4.69) is 5.32 Å². The van der Waals surface area contributed by atoms with Crippen molar-refractivity contribution in [3.8, 4) is 6.07 Å². The number of hydrogen-bond donors (Lipinski definition) is 1. The molecule has 0 aliphatic carbocycles. The average Bonchev–Trinajstić information content (AvgIpc) is 3.16. The minimum absolute atomic E-state index is 0.0643. The number of carbonyl (C=O) groups is 2. The number of anilines is 1. The summed E-state index contributed by atoms with van der Waals surface area (Å²) in [5, 5.41) is 13.3. The normalized spacial score (nSPS) is 16.7. The Morgan fingerprint density at radius 1 is 1.06 bits per heavy atom. The van der Waals surface area contributed by atoms with Gasteiger partial charge in [-0.15, -0.1) is 0 Å². The molecule has 1 saturated heterocycles. The Balaban J connectivity index is 1.62. The van der Waals surface area contributed by atoms with E-state index in [0.717, 1.165) is 16.7 Å². The minimum Gasteiger partial charge on any atom is -0.351 e. The smallest absolute Gasteiger partial charge is 0.264 e. The zero-order chi connectivity index (χ0) is 24.8. The highest BCUT2D eigenvalue weighted by atomic mass is 35.5. The molecule has 0 aromatic heterocycles.